The summed E-state index contributed by atoms with van der Waals surface area (Å²) in [4.78, 5) is 0. The van der Waals surface area contributed by atoms with Crippen LogP contribution < -0.4 is 4.57 Å². The van der Waals surface area contributed by atoms with Crippen molar-refractivity contribution in [1.29, 1.82) is 0 Å². The number of aromatic nitrogens is 1. The third kappa shape index (κ3) is 6.28. The fraction of sp³-hybridized carbons (Fsp3) is 0.121. The fourth-order valence-corrected chi connectivity index (χ4v) is 5.27. The number of hydrogen-bond donors (Lipinski definition) is 0. The van der Waals surface area contributed by atoms with Crippen LogP contribution in [0, 0.1) is 6.92 Å². The molecule has 0 saturated carbocycles. The van der Waals surface area contributed by atoms with Crippen molar-refractivity contribution in [3.63, 3.8) is 0 Å². The molecule has 4 aromatic carbocycles. The highest BCUT2D eigenvalue weighted by atomic mass is 19.5. The Morgan fingerprint density at radius 3 is 1.85 bits per heavy atom. The third-order valence-corrected chi connectivity index (χ3v) is 6.99. The van der Waals surface area contributed by atoms with Gasteiger partial charge in [0.05, 0.1) is 0 Å². The van der Waals surface area contributed by atoms with Gasteiger partial charge in [-0.15, -0.1) is 0 Å². The first-order valence-electron chi connectivity index (χ1n) is 13.0. The van der Waals surface area contributed by atoms with Gasteiger partial charge in [0, 0.05) is 28.3 Å². The molecule has 1 nitrogen and oxygen atoms in total. The standard InChI is InChI=1S/C33H28N.BF4/c1-24-16-18-25(19-17-24)23-34-32(28-13-6-3-7-14-28)22-31(26-10-4-2-5-11-26)30-21-20-27-12-8-9-15-29(27)33(30)34;2-1(3,4)5/h2-19,22H,20-21,23H2,1H3;/q+1;-1. The molecule has 1 heterocycles. The molecule has 6 heteroatoms. The minimum atomic E-state index is -6.00. The molecule has 196 valence electrons. The van der Waals surface area contributed by atoms with E-state index < -0.39 is 7.25 Å². The molecule has 0 radical (unpaired) electrons. The molecule has 1 aliphatic carbocycles. The predicted molar refractivity (Wildman–Crippen MR) is 151 cm³/mol. The van der Waals surface area contributed by atoms with Crippen molar-refractivity contribution in [2.45, 2.75) is 26.3 Å². The topological polar surface area (TPSA) is 3.88 Å². The van der Waals surface area contributed by atoms with Crippen molar-refractivity contribution >= 4 is 7.25 Å². The molecule has 6 rings (SSSR count). The van der Waals surface area contributed by atoms with Crippen LogP contribution in [0.2, 0.25) is 0 Å². The lowest BCUT2D eigenvalue weighted by Crippen LogP contribution is -2.41. The first kappa shape index (κ1) is 26.4. The molecule has 1 aromatic heterocycles. The quantitative estimate of drug-likeness (QED) is 0.126. The van der Waals surface area contributed by atoms with Gasteiger partial charge >= 0.3 is 7.25 Å². The summed E-state index contributed by atoms with van der Waals surface area (Å²) >= 11 is 0. The van der Waals surface area contributed by atoms with Crippen LogP contribution in [0.4, 0.5) is 17.3 Å². The second kappa shape index (κ2) is 11.3. The first-order valence-corrected chi connectivity index (χ1v) is 13.0. The van der Waals surface area contributed by atoms with Crippen molar-refractivity contribution in [2.75, 3.05) is 0 Å². The van der Waals surface area contributed by atoms with Crippen LogP contribution in [0.15, 0.2) is 115 Å². The Kier molecular flexibility index (Phi) is 7.64. The molecule has 0 N–H and O–H groups in total. The van der Waals surface area contributed by atoms with Gasteiger partial charge in [-0.1, -0.05) is 96.6 Å². The predicted octanol–water partition coefficient (Wildman–Crippen LogP) is 8.73. The fourth-order valence-electron chi connectivity index (χ4n) is 5.27. The highest BCUT2D eigenvalue weighted by Gasteiger charge is 2.32. The van der Waals surface area contributed by atoms with Crippen LogP contribution in [-0.4, -0.2) is 7.25 Å². The second-order valence-electron chi connectivity index (χ2n) is 9.73. The Hall–Kier alpha value is -4.19. The molecular weight excluding hydrogens is 497 g/mol. The maximum Gasteiger partial charge on any atom is 0.673 e. The van der Waals surface area contributed by atoms with E-state index in [1.807, 2.05) is 0 Å². The molecule has 5 aromatic rings. The Morgan fingerprint density at radius 2 is 1.21 bits per heavy atom. The maximum absolute atomic E-state index is 9.75. The van der Waals surface area contributed by atoms with E-state index in [1.54, 1.807) is 0 Å². The van der Waals surface area contributed by atoms with E-state index in [9.17, 15) is 17.3 Å². The Balaban J connectivity index is 0.000000567. The number of pyridine rings is 1. The van der Waals surface area contributed by atoms with Gasteiger partial charge in [-0.2, -0.15) is 4.57 Å². The summed E-state index contributed by atoms with van der Waals surface area (Å²) in [5.41, 5.74) is 13.4. The molecule has 0 spiro atoms. The van der Waals surface area contributed by atoms with Crippen LogP contribution in [0.1, 0.15) is 22.3 Å². The van der Waals surface area contributed by atoms with Crippen LogP contribution >= 0.6 is 0 Å². The molecule has 0 fully saturated rings. The van der Waals surface area contributed by atoms with Crippen molar-refractivity contribution < 1.29 is 21.8 Å². The highest BCUT2D eigenvalue weighted by molar-refractivity contribution is 6.50. The van der Waals surface area contributed by atoms with Crippen molar-refractivity contribution in [2.24, 2.45) is 0 Å². The van der Waals surface area contributed by atoms with Crippen molar-refractivity contribution in [1.82, 2.24) is 0 Å². The van der Waals surface area contributed by atoms with Crippen LogP contribution in [0.5, 0.6) is 0 Å². The summed E-state index contributed by atoms with van der Waals surface area (Å²) in [6, 6.07) is 42.1. The van der Waals surface area contributed by atoms with E-state index >= 15 is 0 Å². The van der Waals surface area contributed by atoms with E-state index in [1.165, 1.54) is 55.9 Å². The summed E-state index contributed by atoms with van der Waals surface area (Å²) in [7, 11) is -6.00. The van der Waals surface area contributed by atoms with Crippen LogP contribution in [-0.2, 0) is 19.4 Å². The van der Waals surface area contributed by atoms with Crippen molar-refractivity contribution in [3.8, 4) is 33.6 Å². The summed E-state index contributed by atoms with van der Waals surface area (Å²) in [6.45, 7) is 3.00. The normalized spacial score (nSPS) is 12.1. The van der Waals surface area contributed by atoms with Gasteiger partial charge < -0.3 is 17.3 Å². The zero-order valence-electron chi connectivity index (χ0n) is 21.6. The first-order chi connectivity index (χ1) is 18.8. The van der Waals surface area contributed by atoms with Gasteiger partial charge in [0.2, 0.25) is 11.4 Å². The van der Waals surface area contributed by atoms with E-state index in [4.69, 9.17) is 0 Å². The Bertz CT molecular complexity index is 1560. The lowest BCUT2D eigenvalue weighted by molar-refractivity contribution is -0.667. The molecule has 0 bridgehead atoms. The van der Waals surface area contributed by atoms with Gasteiger partial charge in [0.1, 0.15) is 0 Å². The number of rotatable bonds is 4. The molecule has 0 unspecified atom stereocenters. The molecule has 0 saturated heterocycles. The van der Waals surface area contributed by atoms with E-state index in [0.29, 0.717) is 0 Å². The number of fused-ring (bicyclic) bond motifs is 3. The van der Waals surface area contributed by atoms with Gasteiger partial charge in [-0.05, 0) is 54.7 Å². The van der Waals surface area contributed by atoms with E-state index in [0.717, 1.165) is 19.4 Å². The van der Waals surface area contributed by atoms with Gasteiger partial charge in [-0.3, -0.25) is 0 Å². The number of nitrogens with zero attached hydrogens (tertiary/aromatic N) is 1. The van der Waals surface area contributed by atoms with Gasteiger partial charge in [0.25, 0.3) is 0 Å². The zero-order chi connectivity index (χ0) is 27.4. The summed E-state index contributed by atoms with van der Waals surface area (Å²) in [5, 5.41) is 0. The molecular formula is C33H28BF4N. The largest absolute Gasteiger partial charge is 0.673 e. The van der Waals surface area contributed by atoms with E-state index in [-0.39, 0.29) is 0 Å². The minimum absolute atomic E-state index is 0.843. The second-order valence-corrected chi connectivity index (χ2v) is 9.73. The highest BCUT2D eigenvalue weighted by Crippen LogP contribution is 2.39. The third-order valence-electron chi connectivity index (χ3n) is 6.99. The lowest BCUT2D eigenvalue weighted by atomic mass is 9.83. The SMILES string of the molecule is Cc1ccc(C[n+]2c(-c3ccccc3)cc(-c3ccccc3)c3c2-c2ccccc2CC3)cc1.F[B-](F)(F)F. The average Bonchev–Trinajstić information content (AvgIpc) is 2.94. The van der Waals surface area contributed by atoms with E-state index in [2.05, 4.69) is 127 Å². The summed E-state index contributed by atoms with van der Waals surface area (Å²) in [5.74, 6) is 0. The monoisotopic (exact) mass is 525 g/mol. The lowest BCUT2D eigenvalue weighted by Gasteiger charge is -2.23. The number of hydrogen-bond acceptors (Lipinski definition) is 0. The van der Waals surface area contributed by atoms with Gasteiger partial charge in [-0.25, -0.2) is 0 Å². The van der Waals surface area contributed by atoms with Crippen molar-refractivity contribution in [3.05, 3.63) is 138 Å². The van der Waals surface area contributed by atoms with Crippen LogP contribution in [0.25, 0.3) is 33.6 Å². The molecule has 0 amide bonds. The molecule has 0 atom stereocenters. The number of benzene rings is 4. The maximum atomic E-state index is 9.75. The molecule has 1 aliphatic rings. The average molecular weight is 525 g/mol. The Morgan fingerprint density at radius 1 is 0.641 bits per heavy atom. The van der Waals surface area contributed by atoms with Gasteiger partial charge in [0.15, 0.2) is 6.54 Å². The minimum Gasteiger partial charge on any atom is -0.418 e. The zero-order valence-corrected chi connectivity index (χ0v) is 21.6. The molecule has 0 aliphatic heterocycles. The number of halogens is 4. The van der Waals surface area contributed by atoms with Crippen LogP contribution in [0.3, 0.4) is 0 Å². The Labute approximate surface area is 226 Å². The number of aryl methyl sites for hydroxylation is 2. The summed E-state index contributed by atoms with van der Waals surface area (Å²) < 4.78 is 41.6. The molecule has 39 heavy (non-hydrogen) atoms. The summed E-state index contributed by atoms with van der Waals surface area (Å²) in [6.07, 6.45) is 2.14. The smallest absolute Gasteiger partial charge is 0.418 e.